The molecule has 1 amide bonds. The maximum atomic E-state index is 13.6. The monoisotopic (exact) mass is 300 g/mol. The third-order valence-corrected chi connectivity index (χ3v) is 4.14. The number of amides is 1. The summed E-state index contributed by atoms with van der Waals surface area (Å²) in [6, 6.07) is 12.3. The van der Waals surface area contributed by atoms with Gasteiger partial charge in [0, 0.05) is 0 Å². The van der Waals surface area contributed by atoms with Crippen LogP contribution in [-0.2, 0) is 6.54 Å². The summed E-state index contributed by atoms with van der Waals surface area (Å²) >= 11 is 1.52. The zero-order chi connectivity index (χ0) is 14.8. The Morgan fingerprint density at radius 3 is 2.90 bits per heavy atom. The average molecular weight is 300 g/mol. The largest absolute Gasteiger partial charge is 0.345 e. The van der Waals surface area contributed by atoms with E-state index >= 15 is 0 Å². The number of rotatable bonds is 3. The zero-order valence-electron chi connectivity index (χ0n) is 11.4. The molecule has 0 aliphatic rings. The molecule has 0 unspecified atom stereocenters. The number of para-hydroxylation sites is 1. The van der Waals surface area contributed by atoms with E-state index in [9.17, 15) is 9.18 Å². The first-order chi connectivity index (χ1) is 10.1. The fourth-order valence-corrected chi connectivity index (χ4v) is 2.97. The van der Waals surface area contributed by atoms with Crippen LogP contribution in [0.5, 0.6) is 0 Å². The normalized spacial score (nSPS) is 10.8. The fourth-order valence-electron chi connectivity index (χ4n) is 2.06. The number of halogens is 1. The Morgan fingerprint density at radius 1 is 1.29 bits per heavy atom. The summed E-state index contributed by atoms with van der Waals surface area (Å²) in [6.07, 6.45) is 0. The number of carbonyl (C=O) groups excluding carboxylic acids is 1. The molecule has 0 aliphatic carbocycles. The molecule has 1 heterocycles. The van der Waals surface area contributed by atoms with Crippen molar-refractivity contribution in [1.82, 2.24) is 10.3 Å². The molecule has 3 rings (SSSR count). The van der Waals surface area contributed by atoms with Crippen molar-refractivity contribution in [2.75, 3.05) is 0 Å². The summed E-state index contributed by atoms with van der Waals surface area (Å²) in [5.41, 5.74) is 1.83. The van der Waals surface area contributed by atoms with E-state index in [1.54, 1.807) is 12.1 Å². The number of nitrogens with one attached hydrogen (secondary N) is 1. The molecule has 2 aromatic carbocycles. The Kier molecular flexibility index (Phi) is 3.66. The summed E-state index contributed by atoms with van der Waals surface area (Å²) < 4.78 is 14.7. The second kappa shape index (κ2) is 5.61. The highest BCUT2D eigenvalue weighted by Crippen LogP contribution is 2.21. The van der Waals surface area contributed by atoms with Crippen molar-refractivity contribution in [3.63, 3.8) is 0 Å². The summed E-state index contributed by atoms with van der Waals surface area (Å²) in [7, 11) is 0. The number of aryl methyl sites for hydroxylation is 1. The molecule has 0 fully saturated rings. The van der Waals surface area contributed by atoms with E-state index in [1.807, 2.05) is 31.2 Å². The SMILES string of the molecule is Cc1ccc(F)c(C(=O)NCc2nc3ccccc3s2)c1. The molecule has 0 atom stereocenters. The van der Waals surface area contributed by atoms with E-state index in [0.717, 1.165) is 20.8 Å². The number of carbonyl (C=O) groups is 1. The van der Waals surface area contributed by atoms with E-state index in [-0.39, 0.29) is 5.56 Å². The van der Waals surface area contributed by atoms with Crippen molar-refractivity contribution in [1.29, 1.82) is 0 Å². The van der Waals surface area contributed by atoms with E-state index in [4.69, 9.17) is 0 Å². The molecular weight excluding hydrogens is 287 g/mol. The smallest absolute Gasteiger partial charge is 0.254 e. The highest BCUT2D eigenvalue weighted by atomic mass is 32.1. The quantitative estimate of drug-likeness (QED) is 0.802. The third-order valence-electron chi connectivity index (χ3n) is 3.10. The van der Waals surface area contributed by atoms with Gasteiger partial charge in [0.15, 0.2) is 0 Å². The van der Waals surface area contributed by atoms with E-state index in [1.165, 1.54) is 17.4 Å². The van der Waals surface area contributed by atoms with Gasteiger partial charge in [-0.2, -0.15) is 0 Å². The first-order valence-corrected chi connectivity index (χ1v) is 7.34. The molecular formula is C16H13FN2OS. The number of benzene rings is 2. The van der Waals surface area contributed by atoms with Gasteiger partial charge in [-0.3, -0.25) is 4.79 Å². The number of hydrogen-bond donors (Lipinski definition) is 1. The number of nitrogens with zero attached hydrogens (tertiary/aromatic N) is 1. The van der Waals surface area contributed by atoms with Gasteiger partial charge in [0.2, 0.25) is 0 Å². The van der Waals surface area contributed by atoms with E-state index in [0.29, 0.717) is 6.54 Å². The van der Waals surface area contributed by atoms with Crippen molar-refractivity contribution >= 4 is 27.5 Å². The topological polar surface area (TPSA) is 42.0 Å². The summed E-state index contributed by atoms with van der Waals surface area (Å²) in [4.78, 5) is 16.5. The first kappa shape index (κ1) is 13.7. The lowest BCUT2D eigenvalue weighted by Crippen LogP contribution is -2.23. The Labute approximate surface area is 125 Å². The van der Waals surface area contributed by atoms with E-state index < -0.39 is 11.7 Å². The second-order valence-electron chi connectivity index (χ2n) is 4.74. The van der Waals surface area contributed by atoms with Gasteiger partial charge in [-0.1, -0.05) is 23.8 Å². The number of thiazole rings is 1. The van der Waals surface area contributed by atoms with Crippen LogP contribution in [0.2, 0.25) is 0 Å². The van der Waals surface area contributed by atoms with Crippen LogP contribution in [0, 0.1) is 12.7 Å². The van der Waals surface area contributed by atoms with Crippen LogP contribution in [0.1, 0.15) is 20.9 Å². The van der Waals surface area contributed by atoms with Crippen molar-refractivity contribution in [2.24, 2.45) is 0 Å². The molecule has 3 aromatic rings. The molecule has 0 radical (unpaired) electrons. The molecule has 1 N–H and O–H groups in total. The van der Waals surface area contributed by atoms with E-state index in [2.05, 4.69) is 10.3 Å². The van der Waals surface area contributed by atoms with Crippen molar-refractivity contribution in [2.45, 2.75) is 13.5 Å². The Bertz CT molecular complexity index is 780. The molecule has 106 valence electrons. The Morgan fingerprint density at radius 2 is 2.10 bits per heavy atom. The summed E-state index contributed by atoms with van der Waals surface area (Å²) in [5.74, 6) is -0.933. The van der Waals surface area contributed by atoms with Crippen LogP contribution in [-0.4, -0.2) is 10.9 Å². The highest BCUT2D eigenvalue weighted by molar-refractivity contribution is 7.18. The Balaban J connectivity index is 1.74. The maximum Gasteiger partial charge on any atom is 0.254 e. The van der Waals surface area contributed by atoms with Gasteiger partial charge in [0.05, 0.1) is 22.3 Å². The van der Waals surface area contributed by atoms with Crippen LogP contribution in [0.4, 0.5) is 4.39 Å². The van der Waals surface area contributed by atoms with Crippen LogP contribution in [0.15, 0.2) is 42.5 Å². The number of hydrogen-bond acceptors (Lipinski definition) is 3. The van der Waals surface area contributed by atoms with Gasteiger partial charge in [-0.25, -0.2) is 9.37 Å². The molecule has 3 nitrogen and oxygen atoms in total. The second-order valence-corrected chi connectivity index (χ2v) is 5.86. The van der Waals surface area contributed by atoms with Gasteiger partial charge in [-0.05, 0) is 31.2 Å². The van der Waals surface area contributed by atoms with Gasteiger partial charge in [0.25, 0.3) is 5.91 Å². The third kappa shape index (κ3) is 2.92. The van der Waals surface area contributed by atoms with Gasteiger partial charge < -0.3 is 5.32 Å². The summed E-state index contributed by atoms with van der Waals surface area (Å²) in [5, 5.41) is 3.52. The zero-order valence-corrected chi connectivity index (χ0v) is 12.2. The molecule has 1 aromatic heterocycles. The summed E-state index contributed by atoms with van der Waals surface area (Å²) in [6.45, 7) is 2.12. The molecule has 0 saturated carbocycles. The molecule has 0 bridgehead atoms. The van der Waals surface area contributed by atoms with Crippen LogP contribution < -0.4 is 5.32 Å². The van der Waals surface area contributed by atoms with Crippen molar-refractivity contribution in [3.8, 4) is 0 Å². The molecule has 0 spiro atoms. The minimum Gasteiger partial charge on any atom is -0.345 e. The van der Waals surface area contributed by atoms with Gasteiger partial charge >= 0.3 is 0 Å². The standard InChI is InChI=1S/C16H13FN2OS/c1-10-6-7-12(17)11(8-10)16(20)18-9-15-19-13-4-2-3-5-14(13)21-15/h2-8H,9H2,1H3,(H,18,20). The average Bonchev–Trinajstić information content (AvgIpc) is 2.90. The molecule has 0 saturated heterocycles. The van der Waals surface area contributed by atoms with Crippen LogP contribution in [0.25, 0.3) is 10.2 Å². The van der Waals surface area contributed by atoms with Gasteiger partial charge in [0.1, 0.15) is 10.8 Å². The predicted molar refractivity (Wildman–Crippen MR) is 81.9 cm³/mol. The lowest BCUT2D eigenvalue weighted by molar-refractivity contribution is 0.0946. The predicted octanol–water partition coefficient (Wildman–Crippen LogP) is 3.67. The molecule has 21 heavy (non-hydrogen) atoms. The van der Waals surface area contributed by atoms with Crippen LogP contribution in [0.3, 0.4) is 0 Å². The lowest BCUT2D eigenvalue weighted by atomic mass is 10.1. The van der Waals surface area contributed by atoms with Crippen molar-refractivity contribution < 1.29 is 9.18 Å². The highest BCUT2D eigenvalue weighted by Gasteiger charge is 2.12. The van der Waals surface area contributed by atoms with Crippen molar-refractivity contribution in [3.05, 3.63) is 64.4 Å². The maximum absolute atomic E-state index is 13.6. The van der Waals surface area contributed by atoms with Gasteiger partial charge in [-0.15, -0.1) is 11.3 Å². The first-order valence-electron chi connectivity index (χ1n) is 6.52. The minimum absolute atomic E-state index is 0.0658. The number of aromatic nitrogens is 1. The fraction of sp³-hybridized carbons (Fsp3) is 0.125. The molecule has 0 aliphatic heterocycles. The number of fused-ring (bicyclic) bond motifs is 1. The van der Waals surface area contributed by atoms with Crippen LogP contribution >= 0.6 is 11.3 Å². The minimum atomic E-state index is -0.512. The molecule has 5 heteroatoms. The Hall–Kier alpha value is -2.27. The lowest BCUT2D eigenvalue weighted by Gasteiger charge is -2.05.